The van der Waals surface area contributed by atoms with Crippen molar-refractivity contribution in [1.82, 2.24) is 4.98 Å². The maximum atomic E-state index is 14.2. The second-order valence-corrected chi connectivity index (χ2v) is 6.38. The summed E-state index contributed by atoms with van der Waals surface area (Å²) in [5.41, 5.74) is 6.11. The van der Waals surface area contributed by atoms with E-state index in [0.29, 0.717) is 34.9 Å². The number of benzene rings is 1. The molecule has 0 unspecified atom stereocenters. The fourth-order valence-electron chi connectivity index (χ4n) is 2.04. The molecule has 4 N–H and O–H groups in total. The van der Waals surface area contributed by atoms with Gasteiger partial charge in [0.2, 0.25) is 11.8 Å². The van der Waals surface area contributed by atoms with Crippen LogP contribution in [-0.2, 0) is 9.59 Å². The van der Waals surface area contributed by atoms with Crippen LogP contribution in [-0.4, -0.2) is 22.3 Å². The van der Waals surface area contributed by atoms with Gasteiger partial charge in [-0.2, -0.15) is 0 Å². The third kappa shape index (κ3) is 3.89. The molecule has 0 radical (unpaired) electrons. The zero-order valence-corrected chi connectivity index (χ0v) is 14.4. The first-order chi connectivity index (χ1) is 10.9. The van der Waals surface area contributed by atoms with Crippen molar-refractivity contribution in [1.29, 1.82) is 0 Å². The summed E-state index contributed by atoms with van der Waals surface area (Å²) in [6.45, 7) is 1.35. The van der Waals surface area contributed by atoms with Gasteiger partial charge in [-0.3, -0.25) is 9.59 Å². The highest BCUT2D eigenvalue weighted by Crippen LogP contribution is 2.34. The molecule has 0 spiro atoms. The lowest BCUT2D eigenvalue weighted by atomic mass is 10.1. The molecular formula is C15H16ClFN4O2S. The van der Waals surface area contributed by atoms with Crippen molar-refractivity contribution in [3.63, 3.8) is 0 Å². The number of nitrogens with two attached hydrogens (primary N) is 1. The normalized spacial score (nSPS) is 14.5. The van der Waals surface area contributed by atoms with E-state index in [2.05, 4.69) is 15.6 Å². The summed E-state index contributed by atoms with van der Waals surface area (Å²) in [7, 11) is 0. The number of halogens is 2. The van der Waals surface area contributed by atoms with E-state index in [0.717, 1.165) is 0 Å². The average molecular weight is 371 g/mol. The molecular weight excluding hydrogens is 355 g/mol. The summed E-state index contributed by atoms with van der Waals surface area (Å²) in [4.78, 5) is 27.1. The molecule has 2 amide bonds. The highest BCUT2D eigenvalue weighted by molar-refractivity contribution is 7.14. The zero-order valence-electron chi connectivity index (χ0n) is 12.8. The molecule has 1 fully saturated rings. The Labute approximate surface area is 148 Å². The first-order valence-corrected chi connectivity index (χ1v) is 7.89. The molecule has 0 saturated heterocycles. The molecule has 1 heterocycles. The number of amides is 2. The van der Waals surface area contributed by atoms with Crippen LogP contribution < -0.4 is 16.4 Å². The van der Waals surface area contributed by atoms with Gasteiger partial charge in [-0.05, 0) is 31.0 Å². The van der Waals surface area contributed by atoms with E-state index in [-0.39, 0.29) is 24.2 Å². The van der Waals surface area contributed by atoms with Gasteiger partial charge in [-0.15, -0.1) is 23.7 Å². The van der Waals surface area contributed by atoms with Crippen molar-refractivity contribution in [3.8, 4) is 11.3 Å². The zero-order chi connectivity index (χ0) is 16.6. The highest BCUT2D eigenvalue weighted by Gasteiger charge is 2.46. The smallest absolute Gasteiger partial charge is 0.246 e. The number of nitrogens with one attached hydrogen (secondary N) is 2. The summed E-state index contributed by atoms with van der Waals surface area (Å²) in [6, 6.07) is 4.36. The molecule has 0 aliphatic heterocycles. The van der Waals surface area contributed by atoms with Gasteiger partial charge in [-0.25, -0.2) is 9.37 Å². The van der Waals surface area contributed by atoms with Crippen LogP contribution >= 0.6 is 23.7 Å². The summed E-state index contributed by atoms with van der Waals surface area (Å²) in [5.74, 6) is -1.04. The molecule has 1 aliphatic carbocycles. The van der Waals surface area contributed by atoms with Crippen LogP contribution in [0.1, 0.15) is 19.8 Å². The minimum Gasteiger partial charge on any atom is -0.326 e. The highest BCUT2D eigenvalue weighted by atomic mass is 35.5. The number of carbonyl (C=O) groups is 2. The van der Waals surface area contributed by atoms with E-state index in [1.807, 2.05) is 0 Å². The van der Waals surface area contributed by atoms with Gasteiger partial charge in [0.05, 0.1) is 11.2 Å². The van der Waals surface area contributed by atoms with Crippen LogP contribution in [0.15, 0.2) is 23.6 Å². The van der Waals surface area contributed by atoms with E-state index >= 15 is 0 Å². The molecule has 6 nitrogen and oxygen atoms in total. The lowest BCUT2D eigenvalue weighted by Crippen LogP contribution is -2.37. The fourth-order valence-corrected chi connectivity index (χ4v) is 2.75. The van der Waals surface area contributed by atoms with E-state index in [9.17, 15) is 14.0 Å². The van der Waals surface area contributed by atoms with Crippen LogP contribution in [0.25, 0.3) is 11.3 Å². The molecule has 0 atom stereocenters. The van der Waals surface area contributed by atoms with Crippen molar-refractivity contribution in [2.75, 3.05) is 10.6 Å². The van der Waals surface area contributed by atoms with E-state index < -0.39 is 11.4 Å². The molecule has 3 rings (SSSR count). The van der Waals surface area contributed by atoms with Gasteiger partial charge in [0.1, 0.15) is 5.82 Å². The Morgan fingerprint density at radius 1 is 1.33 bits per heavy atom. The monoisotopic (exact) mass is 370 g/mol. The van der Waals surface area contributed by atoms with Crippen molar-refractivity contribution < 1.29 is 14.0 Å². The number of hydrogen-bond donors (Lipinski definition) is 3. The van der Waals surface area contributed by atoms with Gasteiger partial charge in [0, 0.05) is 23.6 Å². The number of anilines is 2. The SMILES string of the molecule is CC(=O)Nc1ccc(-c2csc(NC(=O)C3(N)CC3)n2)c(F)c1.Cl. The fraction of sp³-hybridized carbons (Fsp3) is 0.267. The van der Waals surface area contributed by atoms with Crippen molar-refractivity contribution >= 4 is 46.4 Å². The first-order valence-electron chi connectivity index (χ1n) is 7.01. The Morgan fingerprint density at radius 2 is 2.04 bits per heavy atom. The summed E-state index contributed by atoms with van der Waals surface area (Å²) < 4.78 is 14.2. The molecule has 1 aromatic heterocycles. The molecule has 128 valence electrons. The van der Waals surface area contributed by atoms with Gasteiger partial charge in [-0.1, -0.05) is 0 Å². The Morgan fingerprint density at radius 3 is 2.62 bits per heavy atom. The van der Waals surface area contributed by atoms with Gasteiger partial charge >= 0.3 is 0 Å². The molecule has 1 aromatic carbocycles. The maximum Gasteiger partial charge on any atom is 0.246 e. The second-order valence-electron chi connectivity index (χ2n) is 5.52. The maximum absolute atomic E-state index is 14.2. The summed E-state index contributed by atoms with van der Waals surface area (Å²) in [5, 5.41) is 7.20. The number of nitrogens with zero attached hydrogens (tertiary/aromatic N) is 1. The Bertz CT molecular complexity index is 792. The van der Waals surface area contributed by atoms with Crippen molar-refractivity contribution in [3.05, 3.63) is 29.4 Å². The predicted octanol–water partition coefficient (Wildman–Crippen LogP) is 2.76. The van der Waals surface area contributed by atoms with Crippen molar-refractivity contribution in [2.24, 2.45) is 5.73 Å². The largest absolute Gasteiger partial charge is 0.326 e. The van der Waals surface area contributed by atoms with Gasteiger partial charge in [0.25, 0.3) is 0 Å². The topological polar surface area (TPSA) is 97.1 Å². The standard InChI is InChI=1S/C15H15FN4O2S.ClH/c1-8(21)18-9-2-3-10(11(16)6-9)12-7-23-14(19-12)20-13(22)15(17)4-5-15;/h2-3,6-7H,4-5,17H2,1H3,(H,18,21)(H,19,20,22);1H. The predicted molar refractivity (Wildman–Crippen MR) is 93.8 cm³/mol. The number of aromatic nitrogens is 1. The lowest BCUT2D eigenvalue weighted by Gasteiger charge is -2.07. The molecule has 1 saturated carbocycles. The number of thiazole rings is 1. The van der Waals surface area contributed by atoms with Crippen LogP contribution in [0.5, 0.6) is 0 Å². The Hall–Kier alpha value is -2.03. The van der Waals surface area contributed by atoms with Crippen LogP contribution in [0.4, 0.5) is 15.2 Å². The van der Waals surface area contributed by atoms with Crippen molar-refractivity contribution in [2.45, 2.75) is 25.3 Å². The number of rotatable bonds is 4. The molecule has 1 aliphatic rings. The number of hydrogen-bond acceptors (Lipinski definition) is 5. The van der Waals surface area contributed by atoms with E-state index in [1.54, 1.807) is 11.4 Å². The van der Waals surface area contributed by atoms with Crippen LogP contribution in [0.3, 0.4) is 0 Å². The first kappa shape index (κ1) is 18.3. The summed E-state index contributed by atoms with van der Waals surface area (Å²) in [6.07, 6.45) is 1.33. The molecule has 0 bridgehead atoms. The third-order valence-electron chi connectivity index (χ3n) is 3.53. The minimum atomic E-state index is -0.781. The Kier molecular flexibility index (Phi) is 5.22. The Balaban J connectivity index is 0.00000208. The number of carbonyl (C=O) groups excluding carboxylic acids is 2. The lowest BCUT2D eigenvalue weighted by molar-refractivity contribution is -0.118. The second kappa shape index (κ2) is 6.84. The van der Waals surface area contributed by atoms with Gasteiger partial charge < -0.3 is 16.4 Å². The third-order valence-corrected chi connectivity index (χ3v) is 4.29. The average Bonchev–Trinajstić information content (AvgIpc) is 3.06. The quantitative estimate of drug-likeness (QED) is 0.770. The van der Waals surface area contributed by atoms with Crippen LogP contribution in [0, 0.1) is 5.82 Å². The van der Waals surface area contributed by atoms with E-state index in [1.165, 1.54) is 30.4 Å². The molecule has 24 heavy (non-hydrogen) atoms. The van der Waals surface area contributed by atoms with Gasteiger partial charge in [0.15, 0.2) is 5.13 Å². The summed E-state index contributed by atoms with van der Waals surface area (Å²) >= 11 is 1.21. The minimum absolute atomic E-state index is 0. The molecule has 9 heteroatoms. The van der Waals surface area contributed by atoms with Crippen LogP contribution in [0.2, 0.25) is 0 Å². The van der Waals surface area contributed by atoms with E-state index in [4.69, 9.17) is 5.73 Å². The molecule has 2 aromatic rings.